The van der Waals surface area contributed by atoms with Crippen molar-refractivity contribution in [1.82, 2.24) is 4.72 Å². The molecule has 0 saturated heterocycles. The third-order valence-corrected chi connectivity index (χ3v) is 5.87. The van der Waals surface area contributed by atoms with E-state index in [2.05, 4.69) is 4.72 Å². The van der Waals surface area contributed by atoms with Gasteiger partial charge in [-0.25, -0.2) is 13.1 Å². The summed E-state index contributed by atoms with van der Waals surface area (Å²) in [6, 6.07) is 0. The lowest BCUT2D eigenvalue weighted by Gasteiger charge is -2.30. The number of halogens is 1. The van der Waals surface area contributed by atoms with Crippen LogP contribution >= 0.6 is 11.6 Å². The van der Waals surface area contributed by atoms with E-state index in [9.17, 15) is 8.42 Å². The fourth-order valence-electron chi connectivity index (χ4n) is 2.13. The number of rotatable bonds is 6. The zero-order chi connectivity index (χ0) is 12.2. The molecule has 0 aromatic heterocycles. The lowest BCUT2D eigenvalue weighted by molar-refractivity contribution is 0.388. The second kappa shape index (κ2) is 5.69. The van der Waals surface area contributed by atoms with Crippen molar-refractivity contribution in [2.24, 2.45) is 0 Å². The molecule has 3 nitrogen and oxygen atoms in total. The average Bonchev–Trinajstić information content (AvgIpc) is 2.70. The van der Waals surface area contributed by atoms with Crippen LogP contribution in [-0.2, 0) is 10.0 Å². The van der Waals surface area contributed by atoms with Crippen molar-refractivity contribution in [2.45, 2.75) is 63.2 Å². The maximum absolute atomic E-state index is 12.1. The van der Waals surface area contributed by atoms with Crippen LogP contribution in [0.1, 0.15) is 52.4 Å². The van der Waals surface area contributed by atoms with Gasteiger partial charge in [-0.2, -0.15) is 0 Å². The van der Waals surface area contributed by atoms with Gasteiger partial charge >= 0.3 is 0 Å². The van der Waals surface area contributed by atoms with Crippen molar-refractivity contribution in [2.75, 3.05) is 5.88 Å². The normalized spacial score (nSPS) is 22.2. The molecule has 0 aliphatic heterocycles. The number of nitrogens with one attached hydrogen (secondary N) is 1. The number of alkyl halides is 1. The molecular formula is C11H22ClNO2S. The van der Waals surface area contributed by atoms with E-state index in [1.54, 1.807) is 0 Å². The topological polar surface area (TPSA) is 46.2 Å². The van der Waals surface area contributed by atoms with Crippen LogP contribution in [-0.4, -0.2) is 25.1 Å². The van der Waals surface area contributed by atoms with Crippen LogP contribution in [0.2, 0.25) is 0 Å². The summed E-state index contributed by atoms with van der Waals surface area (Å²) >= 11 is 5.72. The first-order chi connectivity index (χ1) is 7.43. The molecule has 1 fully saturated rings. The maximum Gasteiger partial charge on any atom is 0.214 e. The highest BCUT2D eigenvalue weighted by Gasteiger charge is 2.34. The Bertz CT molecular complexity index is 312. The summed E-state index contributed by atoms with van der Waals surface area (Å²) in [6.45, 7) is 3.92. The van der Waals surface area contributed by atoms with E-state index >= 15 is 0 Å². The Morgan fingerprint density at radius 1 is 1.38 bits per heavy atom. The van der Waals surface area contributed by atoms with Crippen LogP contribution in [0.5, 0.6) is 0 Å². The minimum Gasteiger partial charge on any atom is -0.212 e. The van der Waals surface area contributed by atoms with Crippen LogP contribution in [0, 0.1) is 0 Å². The first-order valence-corrected chi connectivity index (χ1v) is 8.10. The highest BCUT2D eigenvalue weighted by molar-refractivity contribution is 7.90. The van der Waals surface area contributed by atoms with Crippen molar-refractivity contribution in [3.05, 3.63) is 0 Å². The Hall–Kier alpha value is 0.200. The van der Waals surface area contributed by atoms with E-state index in [4.69, 9.17) is 11.6 Å². The first kappa shape index (κ1) is 14.3. The summed E-state index contributed by atoms with van der Waals surface area (Å²) in [6.07, 6.45) is 5.11. The van der Waals surface area contributed by atoms with Gasteiger partial charge in [-0.15, -0.1) is 11.6 Å². The first-order valence-electron chi connectivity index (χ1n) is 6.02. The number of hydrogen-bond acceptors (Lipinski definition) is 2. The smallest absolute Gasteiger partial charge is 0.212 e. The largest absolute Gasteiger partial charge is 0.214 e. The Balaban J connectivity index is 2.69. The van der Waals surface area contributed by atoms with E-state index in [1.807, 2.05) is 13.8 Å². The van der Waals surface area contributed by atoms with Crippen molar-refractivity contribution >= 4 is 21.6 Å². The number of sulfonamides is 1. The van der Waals surface area contributed by atoms with Crippen molar-refractivity contribution < 1.29 is 8.42 Å². The van der Waals surface area contributed by atoms with Crippen LogP contribution in [0.25, 0.3) is 0 Å². The molecule has 1 aliphatic rings. The van der Waals surface area contributed by atoms with Gasteiger partial charge in [-0.1, -0.05) is 19.8 Å². The summed E-state index contributed by atoms with van der Waals surface area (Å²) in [5.41, 5.74) is -0.386. The maximum atomic E-state index is 12.1. The molecule has 0 amide bonds. The molecule has 0 aromatic rings. The summed E-state index contributed by atoms with van der Waals surface area (Å²) in [5.74, 6) is 0.484. The molecular weight excluding hydrogens is 246 g/mol. The minimum absolute atomic E-state index is 0.186. The van der Waals surface area contributed by atoms with Crippen molar-refractivity contribution in [3.63, 3.8) is 0 Å². The SMILES string of the molecule is CCC(C)(CCCl)NS(=O)(=O)C1CCCC1. The van der Waals surface area contributed by atoms with Gasteiger partial charge in [0.25, 0.3) is 0 Å². The summed E-state index contributed by atoms with van der Waals surface area (Å²) < 4.78 is 27.1. The van der Waals surface area contributed by atoms with Gasteiger partial charge in [0.15, 0.2) is 0 Å². The molecule has 5 heteroatoms. The van der Waals surface area contributed by atoms with Crippen molar-refractivity contribution in [3.8, 4) is 0 Å². The zero-order valence-corrected chi connectivity index (χ0v) is 11.7. The minimum atomic E-state index is -3.16. The van der Waals surface area contributed by atoms with Gasteiger partial charge in [-0.3, -0.25) is 0 Å². The molecule has 0 heterocycles. The second-order valence-corrected chi connectivity index (χ2v) is 7.25. The molecule has 1 unspecified atom stereocenters. The second-order valence-electron chi connectivity index (χ2n) is 4.91. The van der Waals surface area contributed by atoms with Crippen LogP contribution < -0.4 is 4.72 Å². The molecule has 0 aromatic carbocycles. The number of hydrogen-bond donors (Lipinski definition) is 1. The molecule has 0 bridgehead atoms. The monoisotopic (exact) mass is 267 g/mol. The van der Waals surface area contributed by atoms with Crippen LogP contribution in [0.4, 0.5) is 0 Å². The Morgan fingerprint density at radius 3 is 2.38 bits per heavy atom. The molecule has 1 rings (SSSR count). The van der Waals surface area contributed by atoms with Gasteiger partial charge in [0.05, 0.1) is 5.25 Å². The van der Waals surface area contributed by atoms with Crippen LogP contribution in [0.3, 0.4) is 0 Å². The van der Waals surface area contributed by atoms with E-state index in [0.29, 0.717) is 12.3 Å². The van der Waals surface area contributed by atoms with Gasteiger partial charge in [0.1, 0.15) is 0 Å². The van der Waals surface area contributed by atoms with E-state index in [1.165, 1.54) is 0 Å². The van der Waals surface area contributed by atoms with E-state index in [-0.39, 0.29) is 10.8 Å². The third kappa shape index (κ3) is 3.60. The van der Waals surface area contributed by atoms with E-state index < -0.39 is 10.0 Å². The fraction of sp³-hybridized carbons (Fsp3) is 1.00. The summed E-state index contributed by atoms with van der Waals surface area (Å²) in [5, 5.41) is -0.186. The Morgan fingerprint density at radius 2 is 1.94 bits per heavy atom. The van der Waals surface area contributed by atoms with E-state index in [0.717, 1.165) is 32.1 Å². The molecule has 1 saturated carbocycles. The lowest BCUT2D eigenvalue weighted by atomic mass is 9.97. The average molecular weight is 268 g/mol. The summed E-state index contributed by atoms with van der Waals surface area (Å²) in [7, 11) is -3.16. The summed E-state index contributed by atoms with van der Waals surface area (Å²) in [4.78, 5) is 0. The Labute approximate surface area is 104 Å². The zero-order valence-electron chi connectivity index (χ0n) is 10.1. The molecule has 1 N–H and O–H groups in total. The Kier molecular flexibility index (Phi) is 5.08. The lowest BCUT2D eigenvalue weighted by Crippen LogP contribution is -2.48. The fourth-order valence-corrected chi connectivity index (χ4v) is 4.60. The molecule has 16 heavy (non-hydrogen) atoms. The highest BCUT2D eigenvalue weighted by atomic mass is 35.5. The van der Waals surface area contributed by atoms with Gasteiger partial charge in [0.2, 0.25) is 10.0 Å². The molecule has 96 valence electrons. The van der Waals surface area contributed by atoms with Crippen molar-refractivity contribution in [1.29, 1.82) is 0 Å². The van der Waals surface area contributed by atoms with Gasteiger partial charge < -0.3 is 0 Å². The standard InChI is InChI=1S/C11H22ClNO2S/c1-3-11(2,8-9-12)13-16(14,15)10-6-4-5-7-10/h10,13H,3-9H2,1-2H3. The third-order valence-electron chi connectivity index (χ3n) is 3.56. The predicted octanol–water partition coefficient (Wildman–Crippen LogP) is 2.65. The molecule has 0 radical (unpaired) electrons. The van der Waals surface area contributed by atoms with Crippen LogP contribution in [0.15, 0.2) is 0 Å². The highest BCUT2D eigenvalue weighted by Crippen LogP contribution is 2.26. The molecule has 1 aliphatic carbocycles. The molecule has 0 spiro atoms. The quantitative estimate of drug-likeness (QED) is 0.752. The van der Waals surface area contributed by atoms with Gasteiger partial charge in [-0.05, 0) is 32.6 Å². The van der Waals surface area contributed by atoms with Gasteiger partial charge in [0, 0.05) is 11.4 Å². The molecule has 1 atom stereocenters. The predicted molar refractivity (Wildman–Crippen MR) is 68.3 cm³/mol.